The Bertz CT molecular complexity index is 373. The van der Waals surface area contributed by atoms with E-state index in [0.29, 0.717) is 10.6 Å². The second kappa shape index (κ2) is 3.18. The van der Waals surface area contributed by atoms with Crippen LogP contribution in [-0.4, -0.2) is 4.98 Å². The summed E-state index contributed by atoms with van der Waals surface area (Å²) in [5.41, 5.74) is 1.27. The predicted octanol–water partition coefficient (Wildman–Crippen LogP) is 2.63. The van der Waals surface area contributed by atoms with Crippen molar-refractivity contribution in [2.24, 2.45) is 0 Å². The Balaban J connectivity index is 3.41. The molecule has 2 nitrogen and oxygen atoms in total. The maximum atomic E-state index is 11.3. The van der Waals surface area contributed by atoms with Gasteiger partial charge in [0.25, 0.3) is 5.56 Å². The zero-order chi connectivity index (χ0) is 10.2. The van der Waals surface area contributed by atoms with Crippen LogP contribution in [0, 0.1) is 6.92 Å². The van der Waals surface area contributed by atoms with E-state index in [1.54, 1.807) is 13.0 Å². The van der Waals surface area contributed by atoms with Crippen molar-refractivity contribution >= 4 is 11.6 Å². The van der Waals surface area contributed by atoms with Crippen LogP contribution in [0.15, 0.2) is 10.9 Å². The van der Waals surface area contributed by atoms with Crippen molar-refractivity contribution in [3.8, 4) is 0 Å². The molecule has 1 aromatic rings. The Morgan fingerprint density at radius 2 is 1.92 bits per heavy atom. The second-order valence-corrected chi connectivity index (χ2v) is 4.66. The minimum Gasteiger partial charge on any atom is -0.324 e. The summed E-state index contributed by atoms with van der Waals surface area (Å²) in [6, 6.07) is 1.71. The van der Waals surface area contributed by atoms with Gasteiger partial charge in [-0.25, -0.2) is 0 Å². The van der Waals surface area contributed by atoms with Crippen LogP contribution in [0.3, 0.4) is 0 Å². The average molecular weight is 200 g/mol. The summed E-state index contributed by atoms with van der Waals surface area (Å²) in [5, 5.41) is 0.629. The number of nitrogens with one attached hydrogen (secondary N) is 1. The molecule has 0 fully saturated rings. The van der Waals surface area contributed by atoms with Crippen molar-refractivity contribution in [1.82, 2.24) is 4.98 Å². The van der Waals surface area contributed by atoms with E-state index in [0.717, 1.165) is 5.69 Å². The smallest absolute Gasteiger partial charge is 0.251 e. The molecule has 1 heterocycles. The fraction of sp³-hybridized carbons (Fsp3) is 0.500. The lowest BCUT2D eigenvalue weighted by molar-refractivity contribution is 0.566. The van der Waals surface area contributed by atoms with E-state index < -0.39 is 0 Å². The molecule has 0 atom stereocenters. The number of rotatable bonds is 0. The predicted molar refractivity (Wildman–Crippen MR) is 55.5 cm³/mol. The number of hydrogen-bond acceptors (Lipinski definition) is 1. The van der Waals surface area contributed by atoms with Crippen LogP contribution >= 0.6 is 11.6 Å². The minimum atomic E-state index is -0.121. The number of halogens is 1. The van der Waals surface area contributed by atoms with Crippen LogP contribution in [0.1, 0.15) is 32.0 Å². The van der Waals surface area contributed by atoms with Crippen LogP contribution in [0.25, 0.3) is 0 Å². The molecule has 0 radical (unpaired) electrons. The molecule has 72 valence electrons. The summed E-state index contributed by atoms with van der Waals surface area (Å²) in [4.78, 5) is 14.1. The molecule has 1 aromatic heterocycles. The van der Waals surface area contributed by atoms with E-state index in [-0.39, 0.29) is 11.0 Å². The highest BCUT2D eigenvalue weighted by atomic mass is 35.5. The summed E-state index contributed by atoms with van der Waals surface area (Å²) in [7, 11) is 0. The lowest BCUT2D eigenvalue weighted by Crippen LogP contribution is -2.21. The molecule has 0 spiro atoms. The average Bonchev–Trinajstić information content (AvgIpc) is 1.94. The van der Waals surface area contributed by atoms with E-state index in [2.05, 4.69) is 4.98 Å². The third-order valence-corrected chi connectivity index (χ3v) is 2.23. The van der Waals surface area contributed by atoms with Gasteiger partial charge in [0.2, 0.25) is 0 Å². The highest BCUT2D eigenvalue weighted by Gasteiger charge is 2.18. The highest BCUT2D eigenvalue weighted by molar-refractivity contribution is 6.31. The van der Waals surface area contributed by atoms with Gasteiger partial charge in [-0.2, -0.15) is 0 Å². The molecular weight excluding hydrogens is 186 g/mol. The number of pyridine rings is 1. The van der Waals surface area contributed by atoms with E-state index in [1.165, 1.54) is 0 Å². The van der Waals surface area contributed by atoms with Gasteiger partial charge in [-0.3, -0.25) is 4.79 Å². The molecule has 0 unspecified atom stereocenters. The van der Waals surface area contributed by atoms with Crippen LogP contribution < -0.4 is 5.56 Å². The summed E-state index contributed by atoms with van der Waals surface area (Å²) >= 11 is 6.02. The number of H-pyrrole nitrogens is 1. The van der Waals surface area contributed by atoms with Gasteiger partial charge in [-0.15, -0.1) is 0 Å². The lowest BCUT2D eigenvalue weighted by Gasteiger charge is -2.19. The van der Waals surface area contributed by atoms with E-state index in [9.17, 15) is 4.79 Å². The fourth-order valence-electron chi connectivity index (χ4n) is 1.15. The van der Waals surface area contributed by atoms with Crippen molar-refractivity contribution in [2.45, 2.75) is 33.1 Å². The summed E-state index contributed by atoms with van der Waals surface area (Å²) in [6.07, 6.45) is 0. The molecular formula is C10H14ClNO. The molecule has 0 aliphatic heterocycles. The lowest BCUT2D eigenvalue weighted by atomic mass is 9.91. The third-order valence-electron chi connectivity index (χ3n) is 1.93. The molecule has 3 heteroatoms. The monoisotopic (exact) mass is 199 g/mol. The standard InChI is InChI=1S/C10H14ClNO/c1-6-5-7(11)8(10(2,3)4)12-9(6)13/h5H,1-4H3,(H,12,13). The van der Waals surface area contributed by atoms with Crippen molar-refractivity contribution < 1.29 is 0 Å². The van der Waals surface area contributed by atoms with Gasteiger partial charge >= 0.3 is 0 Å². The Hall–Kier alpha value is -0.760. The number of aromatic amines is 1. The van der Waals surface area contributed by atoms with Crippen molar-refractivity contribution in [3.63, 3.8) is 0 Å². The van der Waals surface area contributed by atoms with Crippen LogP contribution in [-0.2, 0) is 5.41 Å². The molecule has 1 rings (SSSR count). The zero-order valence-electron chi connectivity index (χ0n) is 8.36. The third kappa shape index (κ3) is 2.13. The molecule has 0 aliphatic carbocycles. The largest absolute Gasteiger partial charge is 0.324 e. The number of aryl methyl sites for hydroxylation is 1. The fourth-order valence-corrected chi connectivity index (χ4v) is 1.64. The maximum Gasteiger partial charge on any atom is 0.251 e. The highest BCUT2D eigenvalue weighted by Crippen LogP contribution is 2.26. The van der Waals surface area contributed by atoms with Crippen molar-refractivity contribution in [1.29, 1.82) is 0 Å². The van der Waals surface area contributed by atoms with Gasteiger partial charge in [0.05, 0.1) is 5.02 Å². The number of hydrogen-bond donors (Lipinski definition) is 1. The van der Waals surface area contributed by atoms with Crippen molar-refractivity contribution in [2.75, 3.05) is 0 Å². The zero-order valence-corrected chi connectivity index (χ0v) is 9.12. The Kier molecular flexibility index (Phi) is 2.53. The first-order chi connectivity index (χ1) is 5.82. The normalized spacial score (nSPS) is 11.8. The van der Waals surface area contributed by atoms with E-state index in [1.807, 2.05) is 20.8 Å². The van der Waals surface area contributed by atoms with Crippen molar-refractivity contribution in [3.05, 3.63) is 32.7 Å². The van der Waals surface area contributed by atoms with Crippen LogP contribution in [0.4, 0.5) is 0 Å². The summed E-state index contributed by atoms with van der Waals surface area (Å²) in [6.45, 7) is 7.79. The molecule has 0 bridgehead atoms. The Morgan fingerprint density at radius 3 is 2.38 bits per heavy atom. The summed E-state index contributed by atoms with van der Waals surface area (Å²) in [5.74, 6) is 0. The molecule has 0 aliphatic rings. The van der Waals surface area contributed by atoms with E-state index in [4.69, 9.17) is 11.6 Å². The van der Waals surface area contributed by atoms with Gasteiger partial charge in [0, 0.05) is 16.7 Å². The first kappa shape index (κ1) is 10.3. The first-order valence-electron chi connectivity index (χ1n) is 4.22. The molecule has 0 saturated heterocycles. The van der Waals surface area contributed by atoms with Gasteiger partial charge < -0.3 is 4.98 Å². The molecule has 0 amide bonds. The molecule has 0 aromatic carbocycles. The van der Waals surface area contributed by atoms with Gasteiger partial charge in [0.1, 0.15) is 0 Å². The number of aromatic nitrogens is 1. The van der Waals surface area contributed by atoms with Crippen LogP contribution in [0.5, 0.6) is 0 Å². The van der Waals surface area contributed by atoms with Gasteiger partial charge in [-0.1, -0.05) is 32.4 Å². The molecule has 0 saturated carbocycles. The summed E-state index contributed by atoms with van der Waals surface area (Å²) < 4.78 is 0. The Labute approximate surface area is 82.9 Å². The quantitative estimate of drug-likeness (QED) is 0.685. The minimum absolute atomic E-state index is 0.0608. The van der Waals surface area contributed by atoms with E-state index >= 15 is 0 Å². The maximum absolute atomic E-state index is 11.3. The van der Waals surface area contributed by atoms with Gasteiger partial charge in [0.15, 0.2) is 0 Å². The van der Waals surface area contributed by atoms with Crippen LogP contribution in [0.2, 0.25) is 5.02 Å². The topological polar surface area (TPSA) is 32.9 Å². The van der Waals surface area contributed by atoms with Gasteiger partial charge in [-0.05, 0) is 13.0 Å². The molecule has 13 heavy (non-hydrogen) atoms. The Morgan fingerprint density at radius 1 is 1.38 bits per heavy atom. The SMILES string of the molecule is Cc1cc(Cl)c(C(C)(C)C)[nH]c1=O. The first-order valence-corrected chi connectivity index (χ1v) is 4.60. The second-order valence-electron chi connectivity index (χ2n) is 4.25. The molecule has 1 N–H and O–H groups in total.